The van der Waals surface area contributed by atoms with Crippen LogP contribution in [0.5, 0.6) is 5.75 Å². The molecule has 3 heterocycles. The Bertz CT molecular complexity index is 1300. The van der Waals surface area contributed by atoms with Crippen LogP contribution < -0.4 is 15.8 Å². The number of likely N-dealkylation sites (N-methyl/N-ethyl adjacent to an activating group) is 1. The van der Waals surface area contributed by atoms with Crippen molar-refractivity contribution in [2.45, 2.75) is 19.3 Å². The second kappa shape index (κ2) is 8.57. The molecular formula is C21H23N7O2S2. The van der Waals surface area contributed by atoms with Crippen LogP contribution in [0, 0.1) is 5.92 Å². The Labute approximate surface area is 192 Å². The van der Waals surface area contributed by atoms with Gasteiger partial charge in [0.15, 0.2) is 0 Å². The van der Waals surface area contributed by atoms with E-state index in [-0.39, 0.29) is 11.8 Å². The molecule has 0 saturated heterocycles. The van der Waals surface area contributed by atoms with Crippen molar-refractivity contribution in [2.24, 2.45) is 11.7 Å². The van der Waals surface area contributed by atoms with Crippen LogP contribution in [0.4, 0.5) is 11.5 Å². The van der Waals surface area contributed by atoms with Gasteiger partial charge < -0.3 is 20.7 Å². The fourth-order valence-electron chi connectivity index (χ4n) is 4.23. The molecule has 3 aromatic heterocycles. The third kappa shape index (κ3) is 3.65. The molecule has 5 rings (SSSR count). The van der Waals surface area contributed by atoms with Crippen LogP contribution in [0.1, 0.15) is 16.9 Å². The normalized spacial score (nSPS) is 15.7. The van der Waals surface area contributed by atoms with Crippen molar-refractivity contribution in [3.63, 3.8) is 0 Å². The van der Waals surface area contributed by atoms with Crippen LogP contribution in [0.25, 0.3) is 20.4 Å². The Morgan fingerprint density at radius 3 is 3.06 bits per heavy atom. The molecule has 0 spiro atoms. The quantitative estimate of drug-likeness (QED) is 0.442. The number of ether oxygens (including phenoxy) is 1. The first-order valence-electron chi connectivity index (χ1n) is 10.4. The SMILES string of the molecule is COc1cc2nnsc2cc1Nc1ncnc2sc3c(c12)CC[C@H](C(=O)N(C)CCN)C3. The van der Waals surface area contributed by atoms with Gasteiger partial charge in [0.25, 0.3) is 0 Å². The van der Waals surface area contributed by atoms with Crippen molar-refractivity contribution in [3.8, 4) is 5.75 Å². The molecule has 11 heteroatoms. The van der Waals surface area contributed by atoms with Crippen molar-refractivity contribution >= 4 is 60.7 Å². The maximum atomic E-state index is 12.8. The third-order valence-electron chi connectivity index (χ3n) is 5.86. The van der Waals surface area contributed by atoms with E-state index in [1.165, 1.54) is 22.0 Å². The Hall–Kier alpha value is -2.89. The van der Waals surface area contributed by atoms with E-state index in [0.717, 1.165) is 51.2 Å². The van der Waals surface area contributed by atoms with Crippen LogP contribution in [0.2, 0.25) is 0 Å². The molecule has 1 atom stereocenters. The average Bonchev–Trinajstić information content (AvgIpc) is 3.41. The molecule has 0 saturated carbocycles. The molecule has 1 aliphatic rings. The monoisotopic (exact) mass is 469 g/mol. The first-order chi connectivity index (χ1) is 15.6. The van der Waals surface area contributed by atoms with Gasteiger partial charge in [-0.1, -0.05) is 4.49 Å². The number of hydrogen-bond acceptors (Lipinski definition) is 10. The van der Waals surface area contributed by atoms with E-state index in [2.05, 4.69) is 24.9 Å². The first-order valence-corrected chi connectivity index (χ1v) is 12.0. The highest BCUT2D eigenvalue weighted by Gasteiger charge is 2.30. The van der Waals surface area contributed by atoms with Gasteiger partial charge in [-0.15, -0.1) is 16.4 Å². The fraction of sp³-hybridized carbons (Fsp3) is 0.381. The van der Waals surface area contributed by atoms with E-state index < -0.39 is 0 Å². The van der Waals surface area contributed by atoms with E-state index in [1.807, 2.05) is 19.2 Å². The largest absolute Gasteiger partial charge is 0.494 e. The summed E-state index contributed by atoms with van der Waals surface area (Å²) in [5.74, 6) is 1.57. The Morgan fingerprint density at radius 1 is 1.38 bits per heavy atom. The summed E-state index contributed by atoms with van der Waals surface area (Å²) in [5.41, 5.74) is 8.46. The van der Waals surface area contributed by atoms with Crippen molar-refractivity contribution in [1.82, 2.24) is 24.5 Å². The van der Waals surface area contributed by atoms with Gasteiger partial charge in [-0.05, 0) is 42.4 Å². The number of aromatic nitrogens is 4. The predicted octanol–water partition coefficient (Wildman–Crippen LogP) is 2.97. The second-order valence-electron chi connectivity index (χ2n) is 7.81. The van der Waals surface area contributed by atoms with Crippen LogP contribution in [0.15, 0.2) is 18.5 Å². The first kappa shape index (κ1) is 21.0. The number of nitrogens with zero attached hydrogens (tertiary/aromatic N) is 5. The van der Waals surface area contributed by atoms with Gasteiger partial charge in [-0.2, -0.15) is 0 Å². The summed E-state index contributed by atoms with van der Waals surface area (Å²) in [6.07, 6.45) is 3.93. The lowest BCUT2D eigenvalue weighted by Gasteiger charge is -2.26. The molecule has 0 unspecified atom stereocenters. The zero-order chi connectivity index (χ0) is 22.2. The van der Waals surface area contributed by atoms with Gasteiger partial charge in [0.1, 0.15) is 28.2 Å². The minimum atomic E-state index is -0.0159. The molecule has 32 heavy (non-hydrogen) atoms. The van der Waals surface area contributed by atoms with Crippen LogP contribution in [-0.4, -0.2) is 57.6 Å². The Kier molecular flexibility index (Phi) is 5.62. The molecule has 9 nitrogen and oxygen atoms in total. The van der Waals surface area contributed by atoms with E-state index in [0.29, 0.717) is 18.8 Å². The summed E-state index contributed by atoms with van der Waals surface area (Å²) in [6.45, 7) is 1.05. The zero-order valence-corrected chi connectivity index (χ0v) is 19.4. The highest BCUT2D eigenvalue weighted by molar-refractivity contribution is 7.19. The van der Waals surface area contributed by atoms with Crippen LogP contribution >= 0.6 is 22.9 Å². The molecule has 1 aromatic carbocycles. The molecule has 1 aliphatic carbocycles. The lowest BCUT2D eigenvalue weighted by molar-refractivity contribution is -0.134. The number of benzene rings is 1. The summed E-state index contributed by atoms with van der Waals surface area (Å²) < 4.78 is 10.5. The lowest BCUT2D eigenvalue weighted by Crippen LogP contribution is -2.38. The molecule has 0 radical (unpaired) electrons. The number of anilines is 2. The maximum absolute atomic E-state index is 12.8. The number of carbonyl (C=O) groups excluding carboxylic acids is 1. The molecule has 4 aromatic rings. The molecular weight excluding hydrogens is 446 g/mol. The van der Waals surface area contributed by atoms with Crippen molar-refractivity contribution < 1.29 is 9.53 Å². The number of nitrogens with one attached hydrogen (secondary N) is 1. The number of amides is 1. The number of hydrogen-bond donors (Lipinski definition) is 2. The maximum Gasteiger partial charge on any atom is 0.225 e. The summed E-state index contributed by atoms with van der Waals surface area (Å²) >= 11 is 2.99. The highest BCUT2D eigenvalue weighted by Crippen LogP contribution is 2.42. The van der Waals surface area contributed by atoms with Gasteiger partial charge in [0.05, 0.1) is 22.9 Å². The van der Waals surface area contributed by atoms with Crippen LogP contribution in [-0.2, 0) is 17.6 Å². The van der Waals surface area contributed by atoms with Gasteiger partial charge in [0, 0.05) is 37.0 Å². The topological polar surface area (TPSA) is 119 Å². The second-order valence-corrected chi connectivity index (χ2v) is 9.68. The van der Waals surface area contributed by atoms with E-state index in [4.69, 9.17) is 10.5 Å². The van der Waals surface area contributed by atoms with E-state index in [9.17, 15) is 4.79 Å². The molecule has 0 fully saturated rings. The predicted molar refractivity (Wildman–Crippen MR) is 127 cm³/mol. The minimum absolute atomic E-state index is 0.0159. The summed E-state index contributed by atoms with van der Waals surface area (Å²) in [4.78, 5) is 25.7. The molecule has 166 valence electrons. The fourth-order valence-corrected chi connectivity index (χ4v) is 6.08. The zero-order valence-electron chi connectivity index (χ0n) is 17.8. The van der Waals surface area contributed by atoms with Crippen molar-refractivity contribution in [3.05, 3.63) is 28.9 Å². The third-order valence-corrected chi connectivity index (χ3v) is 7.71. The number of thiophene rings is 1. The highest BCUT2D eigenvalue weighted by atomic mass is 32.1. The molecule has 0 bridgehead atoms. The smallest absolute Gasteiger partial charge is 0.225 e. The van der Waals surface area contributed by atoms with Crippen molar-refractivity contribution in [1.29, 1.82) is 0 Å². The Morgan fingerprint density at radius 2 is 2.25 bits per heavy atom. The Balaban J connectivity index is 1.49. The lowest BCUT2D eigenvalue weighted by atomic mass is 9.87. The van der Waals surface area contributed by atoms with Gasteiger partial charge in [0.2, 0.25) is 5.91 Å². The van der Waals surface area contributed by atoms with Gasteiger partial charge >= 0.3 is 0 Å². The average molecular weight is 470 g/mol. The minimum Gasteiger partial charge on any atom is -0.494 e. The van der Waals surface area contributed by atoms with Crippen LogP contribution in [0.3, 0.4) is 0 Å². The van der Waals surface area contributed by atoms with Gasteiger partial charge in [-0.25, -0.2) is 9.97 Å². The summed E-state index contributed by atoms with van der Waals surface area (Å²) in [6, 6.07) is 3.85. The van der Waals surface area contributed by atoms with Gasteiger partial charge in [-0.3, -0.25) is 4.79 Å². The summed E-state index contributed by atoms with van der Waals surface area (Å²) in [5, 5.41) is 8.59. The summed E-state index contributed by atoms with van der Waals surface area (Å²) in [7, 11) is 3.46. The molecule has 3 N–H and O–H groups in total. The number of carbonyl (C=O) groups is 1. The number of aryl methyl sites for hydroxylation is 1. The molecule has 0 aliphatic heterocycles. The molecule has 1 amide bonds. The standard InChI is InChI=1S/C21H23N7O2S2/c1-28(6-5-22)21(29)11-3-4-12-16(7-11)31-20-18(12)19(23-10-24-20)25-13-9-17-14(26-27-32-17)8-15(13)30-2/h8-11H,3-7,22H2,1-2H3,(H,23,24,25)/t11-/m0/s1. The number of methoxy groups -OCH3 is 1. The van der Waals surface area contributed by atoms with Crippen molar-refractivity contribution in [2.75, 3.05) is 32.6 Å². The number of fused-ring (bicyclic) bond motifs is 4. The van der Waals surface area contributed by atoms with E-state index in [1.54, 1.807) is 29.7 Å². The van der Waals surface area contributed by atoms with E-state index >= 15 is 0 Å². The number of nitrogens with two attached hydrogens (primary N) is 1. The number of rotatable bonds is 6.